The fraction of sp³-hybridized carbons (Fsp3) is 0.190. The van der Waals surface area contributed by atoms with Crippen LogP contribution in [0.25, 0.3) is 10.8 Å². The highest BCUT2D eigenvalue weighted by atomic mass is 19.1. The molecule has 0 fully saturated rings. The average Bonchev–Trinajstić information content (AvgIpc) is 2.60. The summed E-state index contributed by atoms with van der Waals surface area (Å²) in [6, 6.07) is 18.0. The Bertz CT molecular complexity index is 905. The third kappa shape index (κ3) is 3.86. The Labute approximate surface area is 147 Å². The second-order valence-corrected chi connectivity index (χ2v) is 6.25. The highest BCUT2D eigenvalue weighted by molar-refractivity contribution is 6.02. The number of likely N-dealkylation sites (N-methyl/N-ethyl adjacent to an activating group) is 1. The van der Waals surface area contributed by atoms with Crippen LogP contribution in [-0.4, -0.2) is 36.9 Å². The summed E-state index contributed by atoms with van der Waals surface area (Å²) in [6.45, 7) is 0.471. The molecule has 0 aliphatic carbocycles. The van der Waals surface area contributed by atoms with Gasteiger partial charge in [0.05, 0.1) is 12.6 Å². The van der Waals surface area contributed by atoms with E-state index in [4.69, 9.17) is 0 Å². The SMILES string of the molecule is CN(C)[C@H](CN=Cc1c(O)ccc2ccccc12)c1cccc(F)c1. The van der Waals surface area contributed by atoms with E-state index >= 15 is 0 Å². The predicted molar refractivity (Wildman–Crippen MR) is 101 cm³/mol. The number of nitrogens with zero attached hydrogens (tertiary/aromatic N) is 2. The van der Waals surface area contributed by atoms with Gasteiger partial charge < -0.3 is 10.0 Å². The topological polar surface area (TPSA) is 35.8 Å². The van der Waals surface area contributed by atoms with Crippen molar-refractivity contribution in [1.29, 1.82) is 0 Å². The van der Waals surface area contributed by atoms with E-state index in [-0.39, 0.29) is 17.6 Å². The Morgan fingerprint density at radius 2 is 1.88 bits per heavy atom. The van der Waals surface area contributed by atoms with E-state index in [1.54, 1.807) is 18.3 Å². The fourth-order valence-corrected chi connectivity index (χ4v) is 2.94. The van der Waals surface area contributed by atoms with Crippen molar-refractivity contribution < 1.29 is 9.50 Å². The molecule has 0 spiro atoms. The third-order valence-electron chi connectivity index (χ3n) is 4.30. The molecule has 3 nitrogen and oxygen atoms in total. The second kappa shape index (κ2) is 7.45. The van der Waals surface area contributed by atoms with Crippen molar-refractivity contribution in [1.82, 2.24) is 4.90 Å². The van der Waals surface area contributed by atoms with Gasteiger partial charge in [-0.2, -0.15) is 0 Å². The van der Waals surface area contributed by atoms with Crippen molar-refractivity contribution in [3.8, 4) is 5.75 Å². The molecule has 0 radical (unpaired) electrons. The molecular formula is C21H21FN2O. The standard InChI is InChI=1S/C21H21FN2O/c1-24(2)20(16-7-5-8-17(22)12-16)14-23-13-19-18-9-4-3-6-15(18)10-11-21(19)25/h3-13,20,25H,14H2,1-2H3/t20-/m1/s1. The largest absolute Gasteiger partial charge is 0.507 e. The summed E-state index contributed by atoms with van der Waals surface area (Å²) >= 11 is 0. The van der Waals surface area contributed by atoms with Crippen molar-refractivity contribution in [2.75, 3.05) is 20.6 Å². The third-order valence-corrected chi connectivity index (χ3v) is 4.30. The van der Waals surface area contributed by atoms with Crippen LogP contribution in [0.4, 0.5) is 4.39 Å². The fourth-order valence-electron chi connectivity index (χ4n) is 2.94. The predicted octanol–water partition coefficient (Wildman–Crippen LogP) is 4.41. The minimum absolute atomic E-state index is 0.0379. The maximum atomic E-state index is 13.5. The van der Waals surface area contributed by atoms with Gasteiger partial charge in [0.25, 0.3) is 0 Å². The zero-order valence-corrected chi connectivity index (χ0v) is 14.4. The van der Waals surface area contributed by atoms with Gasteiger partial charge in [0.15, 0.2) is 0 Å². The molecule has 0 amide bonds. The maximum Gasteiger partial charge on any atom is 0.124 e. The quantitative estimate of drug-likeness (QED) is 0.701. The number of phenolic OH excluding ortho intramolecular Hbond substituents is 1. The van der Waals surface area contributed by atoms with Crippen LogP contribution >= 0.6 is 0 Å². The zero-order valence-electron chi connectivity index (χ0n) is 14.4. The molecule has 3 aromatic carbocycles. The van der Waals surface area contributed by atoms with E-state index in [1.807, 2.05) is 55.4 Å². The summed E-state index contributed by atoms with van der Waals surface area (Å²) in [5, 5.41) is 12.2. The van der Waals surface area contributed by atoms with Crippen LogP contribution in [0, 0.1) is 5.82 Å². The molecule has 0 aromatic heterocycles. The minimum Gasteiger partial charge on any atom is -0.507 e. The van der Waals surface area contributed by atoms with Crippen LogP contribution in [0.15, 0.2) is 65.7 Å². The second-order valence-electron chi connectivity index (χ2n) is 6.25. The molecule has 1 atom stereocenters. The average molecular weight is 336 g/mol. The Morgan fingerprint density at radius 1 is 1.08 bits per heavy atom. The Morgan fingerprint density at radius 3 is 2.64 bits per heavy atom. The highest BCUT2D eigenvalue weighted by Crippen LogP contribution is 2.26. The molecule has 0 aliphatic heterocycles. The molecule has 25 heavy (non-hydrogen) atoms. The van der Waals surface area contributed by atoms with Crippen LogP contribution in [0.3, 0.4) is 0 Å². The summed E-state index contributed by atoms with van der Waals surface area (Å²) in [5.41, 5.74) is 1.58. The summed E-state index contributed by atoms with van der Waals surface area (Å²) in [7, 11) is 3.89. The Hall–Kier alpha value is -2.72. The van der Waals surface area contributed by atoms with Crippen LogP contribution in [-0.2, 0) is 0 Å². The lowest BCUT2D eigenvalue weighted by Gasteiger charge is -2.23. The van der Waals surface area contributed by atoms with Gasteiger partial charge >= 0.3 is 0 Å². The van der Waals surface area contributed by atoms with Crippen molar-refractivity contribution in [2.45, 2.75) is 6.04 Å². The molecule has 4 heteroatoms. The molecule has 3 rings (SSSR count). The van der Waals surface area contributed by atoms with Gasteiger partial charge in [0.2, 0.25) is 0 Å². The van der Waals surface area contributed by atoms with Gasteiger partial charge in [0, 0.05) is 11.8 Å². The lowest BCUT2D eigenvalue weighted by molar-refractivity contribution is 0.306. The first kappa shape index (κ1) is 17.1. The van der Waals surface area contributed by atoms with Crippen molar-refractivity contribution in [3.05, 3.63) is 77.6 Å². The molecule has 0 saturated heterocycles. The lowest BCUT2D eigenvalue weighted by Crippen LogP contribution is -2.22. The molecule has 3 aromatic rings. The maximum absolute atomic E-state index is 13.5. The molecule has 0 saturated carbocycles. The summed E-state index contributed by atoms with van der Waals surface area (Å²) < 4.78 is 13.5. The number of phenols is 1. The number of fused-ring (bicyclic) bond motifs is 1. The Balaban J connectivity index is 1.88. The number of hydrogen-bond donors (Lipinski definition) is 1. The van der Waals surface area contributed by atoms with Crippen molar-refractivity contribution in [2.24, 2.45) is 4.99 Å². The first-order valence-corrected chi connectivity index (χ1v) is 8.18. The number of rotatable bonds is 5. The van der Waals surface area contributed by atoms with Crippen molar-refractivity contribution in [3.63, 3.8) is 0 Å². The van der Waals surface area contributed by atoms with Gasteiger partial charge in [-0.25, -0.2) is 4.39 Å². The van der Waals surface area contributed by atoms with Crippen LogP contribution in [0.2, 0.25) is 0 Å². The van der Waals surface area contributed by atoms with Crippen LogP contribution in [0.1, 0.15) is 17.2 Å². The molecule has 0 aliphatic rings. The molecular weight excluding hydrogens is 315 g/mol. The molecule has 0 heterocycles. The molecule has 128 valence electrons. The van der Waals surface area contributed by atoms with Crippen LogP contribution in [0.5, 0.6) is 5.75 Å². The number of aliphatic imine (C=N–C) groups is 1. The number of halogens is 1. The van der Waals surface area contributed by atoms with E-state index in [1.165, 1.54) is 12.1 Å². The Kier molecular flexibility index (Phi) is 5.10. The van der Waals surface area contributed by atoms with Gasteiger partial charge in [-0.05, 0) is 48.6 Å². The van der Waals surface area contributed by atoms with E-state index in [9.17, 15) is 9.50 Å². The van der Waals surface area contributed by atoms with E-state index in [2.05, 4.69) is 4.99 Å². The van der Waals surface area contributed by atoms with Gasteiger partial charge in [-0.15, -0.1) is 0 Å². The van der Waals surface area contributed by atoms with Gasteiger partial charge in [-0.3, -0.25) is 4.99 Å². The van der Waals surface area contributed by atoms with Gasteiger partial charge in [-0.1, -0.05) is 42.5 Å². The summed E-state index contributed by atoms with van der Waals surface area (Å²) in [5.74, 6) is -0.0466. The first-order valence-electron chi connectivity index (χ1n) is 8.18. The molecule has 1 N–H and O–H groups in total. The lowest BCUT2D eigenvalue weighted by atomic mass is 10.0. The number of hydrogen-bond acceptors (Lipinski definition) is 3. The normalized spacial score (nSPS) is 13.0. The van der Waals surface area contributed by atoms with Crippen molar-refractivity contribution >= 4 is 17.0 Å². The summed E-state index contributed by atoms with van der Waals surface area (Å²) in [4.78, 5) is 6.54. The smallest absolute Gasteiger partial charge is 0.124 e. The monoisotopic (exact) mass is 336 g/mol. The van der Waals surface area contributed by atoms with E-state index in [0.717, 1.165) is 16.3 Å². The van der Waals surface area contributed by atoms with Crippen LogP contribution < -0.4 is 0 Å². The van der Waals surface area contributed by atoms with E-state index < -0.39 is 0 Å². The first-order chi connectivity index (χ1) is 12.1. The number of benzene rings is 3. The minimum atomic E-state index is -0.250. The zero-order chi connectivity index (χ0) is 17.8. The molecule has 0 unspecified atom stereocenters. The molecule has 0 bridgehead atoms. The van der Waals surface area contributed by atoms with Gasteiger partial charge in [0.1, 0.15) is 11.6 Å². The highest BCUT2D eigenvalue weighted by Gasteiger charge is 2.14. The number of aromatic hydroxyl groups is 1. The summed E-state index contributed by atoms with van der Waals surface area (Å²) in [6.07, 6.45) is 1.70. The van der Waals surface area contributed by atoms with E-state index in [0.29, 0.717) is 12.1 Å².